The first-order valence-electron chi connectivity index (χ1n) is 9.00. The molecule has 0 saturated heterocycles. The smallest absolute Gasteiger partial charge is 0.153 e. The van der Waals surface area contributed by atoms with E-state index in [0.29, 0.717) is 45.7 Å². The van der Waals surface area contributed by atoms with Crippen molar-refractivity contribution in [3.05, 3.63) is 83.4 Å². The Morgan fingerprint density at radius 2 is 1.87 bits per heavy atom. The molecule has 0 bridgehead atoms. The van der Waals surface area contributed by atoms with Gasteiger partial charge in [-0.25, -0.2) is 23.6 Å². The molecule has 2 N–H and O–H groups in total. The predicted octanol–water partition coefficient (Wildman–Crippen LogP) is 3.34. The molecule has 8 nitrogen and oxygen atoms in total. The van der Waals surface area contributed by atoms with E-state index in [1.807, 2.05) is 12.1 Å². The second-order valence-electron chi connectivity index (χ2n) is 6.57. The van der Waals surface area contributed by atoms with Crippen LogP contribution in [0.2, 0.25) is 5.02 Å². The average Bonchev–Trinajstić information content (AvgIpc) is 3.35. The maximum Gasteiger partial charge on any atom is 0.153 e. The number of nitrogens with zero attached hydrogens (tertiary/aromatic N) is 7. The predicted molar refractivity (Wildman–Crippen MR) is 110 cm³/mol. The van der Waals surface area contributed by atoms with Crippen molar-refractivity contribution in [3.8, 4) is 16.9 Å². The zero-order valence-electron chi connectivity index (χ0n) is 15.4. The highest BCUT2D eigenvalue weighted by Gasteiger charge is 2.18. The van der Waals surface area contributed by atoms with Crippen molar-refractivity contribution in [2.75, 3.05) is 5.73 Å². The van der Waals surface area contributed by atoms with Crippen LogP contribution in [0, 0.1) is 5.82 Å². The normalized spacial score (nSPS) is 11.3. The van der Waals surface area contributed by atoms with Crippen LogP contribution in [0.15, 0.2) is 61.1 Å². The summed E-state index contributed by atoms with van der Waals surface area (Å²) in [5.74, 6) is 0.527. The van der Waals surface area contributed by atoms with Crippen LogP contribution >= 0.6 is 11.6 Å². The van der Waals surface area contributed by atoms with Crippen LogP contribution in [0.5, 0.6) is 0 Å². The number of para-hydroxylation sites is 1. The zero-order valence-corrected chi connectivity index (χ0v) is 16.2. The summed E-state index contributed by atoms with van der Waals surface area (Å²) in [7, 11) is 0. The van der Waals surface area contributed by atoms with Crippen molar-refractivity contribution < 1.29 is 4.39 Å². The third kappa shape index (κ3) is 3.15. The minimum absolute atomic E-state index is 0.309. The molecule has 0 saturated carbocycles. The highest BCUT2D eigenvalue weighted by atomic mass is 35.5. The average molecular weight is 421 g/mol. The molecule has 148 valence electrons. The SMILES string of the molecule is Nc1ncnn2c(Cc3cn(-c4ccccc4F)nn3)nc(-c3ccc(Cl)cc3)c12. The van der Waals surface area contributed by atoms with Gasteiger partial charge in [0, 0.05) is 10.6 Å². The van der Waals surface area contributed by atoms with E-state index in [4.69, 9.17) is 22.3 Å². The molecule has 0 amide bonds. The second-order valence-corrected chi connectivity index (χ2v) is 7.01. The molecule has 5 aromatic rings. The van der Waals surface area contributed by atoms with Gasteiger partial charge in [-0.2, -0.15) is 5.10 Å². The molecule has 0 aliphatic rings. The van der Waals surface area contributed by atoms with Gasteiger partial charge < -0.3 is 5.73 Å². The van der Waals surface area contributed by atoms with Crippen LogP contribution in [-0.2, 0) is 6.42 Å². The molecular formula is C20H14ClFN8. The Labute approximate surface area is 174 Å². The zero-order chi connectivity index (χ0) is 20.7. The fourth-order valence-electron chi connectivity index (χ4n) is 3.23. The summed E-state index contributed by atoms with van der Waals surface area (Å²) in [6.45, 7) is 0. The van der Waals surface area contributed by atoms with Crippen LogP contribution < -0.4 is 5.73 Å². The molecule has 30 heavy (non-hydrogen) atoms. The molecule has 0 atom stereocenters. The Morgan fingerprint density at radius 3 is 2.67 bits per heavy atom. The fraction of sp³-hybridized carbons (Fsp3) is 0.0500. The van der Waals surface area contributed by atoms with Crippen molar-refractivity contribution in [2.45, 2.75) is 6.42 Å². The summed E-state index contributed by atoms with van der Waals surface area (Å²) >= 11 is 6.01. The Kier molecular flexibility index (Phi) is 4.36. The maximum atomic E-state index is 14.0. The van der Waals surface area contributed by atoms with Crippen LogP contribution in [-0.4, -0.2) is 34.6 Å². The van der Waals surface area contributed by atoms with Crippen molar-refractivity contribution in [1.82, 2.24) is 34.6 Å². The monoisotopic (exact) mass is 420 g/mol. The first kappa shape index (κ1) is 18.2. The van der Waals surface area contributed by atoms with Crippen LogP contribution in [0.4, 0.5) is 10.2 Å². The molecule has 0 spiro atoms. The topological polar surface area (TPSA) is 99.8 Å². The van der Waals surface area contributed by atoms with Crippen LogP contribution in [0.25, 0.3) is 22.5 Å². The van der Waals surface area contributed by atoms with E-state index in [-0.39, 0.29) is 5.82 Å². The standard InChI is InChI=1S/C20H14ClFN8/c21-13-7-5-12(6-8-13)18-19-20(23)24-11-25-30(19)17(26-18)9-14-10-29(28-27-14)16-4-2-1-3-15(16)22/h1-8,10-11H,9H2,(H2,23,24,25). The third-order valence-electron chi connectivity index (χ3n) is 4.63. The first-order chi connectivity index (χ1) is 14.6. The number of fused-ring (bicyclic) bond motifs is 1. The van der Waals surface area contributed by atoms with E-state index in [9.17, 15) is 4.39 Å². The highest BCUT2D eigenvalue weighted by molar-refractivity contribution is 6.30. The number of imidazole rings is 1. The van der Waals surface area contributed by atoms with E-state index in [2.05, 4.69) is 20.4 Å². The van der Waals surface area contributed by atoms with E-state index in [1.54, 1.807) is 41.0 Å². The maximum absolute atomic E-state index is 14.0. The third-order valence-corrected chi connectivity index (χ3v) is 4.88. The molecule has 3 heterocycles. The number of aromatic nitrogens is 7. The molecule has 0 aliphatic heterocycles. The van der Waals surface area contributed by atoms with Gasteiger partial charge >= 0.3 is 0 Å². The highest BCUT2D eigenvalue weighted by Crippen LogP contribution is 2.29. The number of nitrogen functional groups attached to an aromatic ring is 1. The minimum atomic E-state index is -0.384. The number of halogens is 2. The molecule has 0 aliphatic carbocycles. The van der Waals surface area contributed by atoms with E-state index >= 15 is 0 Å². The largest absolute Gasteiger partial charge is 0.382 e. The lowest BCUT2D eigenvalue weighted by atomic mass is 10.1. The van der Waals surface area contributed by atoms with Gasteiger partial charge in [0.2, 0.25) is 0 Å². The Morgan fingerprint density at radius 1 is 1.07 bits per heavy atom. The van der Waals surface area contributed by atoms with E-state index < -0.39 is 0 Å². The number of anilines is 1. The summed E-state index contributed by atoms with van der Waals surface area (Å²) in [6, 6.07) is 13.6. The van der Waals surface area contributed by atoms with Crippen molar-refractivity contribution in [3.63, 3.8) is 0 Å². The second kappa shape index (κ2) is 7.20. The quantitative estimate of drug-likeness (QED) is 0.478. The van der Waals surface area contributed by atoms with Gasteiger partial charge in [-0.05, 0) is 24.3 Å². The molecular weight excluding hydrogens is 407 g/mol. The Balaban J connectivity index is 1.57. The van der Waals surface area contributed by atoms with E-state index in [1.165, 1.54) is 17.1 Å². The molecule has 0 radical (unpaired) electrons. The van der Waals surface area contributed by atoms with Gasteiger partial charge in [-0.15, -0.1) is 5.10 Å². The summed E-state index contributed by atoms with van der Waals surface area (Å²) in [6.07, 6.45) is 3.35. The van der Waals surface area contributed by atoms with Crippen molar-refractivity contribution >= 4 is 22.9 Å². The Bertz CT molecular complexity index is 1360. The summed E-state index contributed by atoms with van der Waals surface area (Å²) in [5.41, 5.74) is 9.10. The van der Waals surface area contributed by atoms with Crippen LogP contribution in [0.1, 0.15) is 11.5 Å². The molecule has 0 fully saturated rings. The molecule has 5 rings (SSSR count). The van der Waals surface area contributed by atoms with E-state index in [0.717, 1.165) is 5.56 Å². The molecule has 10 heteroatoms. The minimum Gasteiger partial charge on any atom is -0.382 e. The molecule has 0 unspecified atom stereocenters. The van der Waals surface area contributed by atoms with Gasteiger partial charge in [0.1, 0.15) is 34.9 Å². The Hall–Kier alpha value is -3.85. The van der Waals surface area contributed by atoms with Gasteiger partial charge in [-0.3, -0.25) is 0 Å². The number of nitrogens with two attached hydrogens (primary N) is 1. The number of hydrogen-bond acceptors (Lipinski definition) is 6. The summed E-state index contributed by atoms with van der Waals surface area (Å²) < 4.78 is 17.1. The van der Waals surface area contributed by atoms with Crippen molar-refractivity contribution in [1.29, 1.82) is 0 Å². The van der Waals surface area contributed by atoms with Crippen LogP contribution in [0.3, 0.4) is 0 Å². The van der Waals surface area contributed by atoms with Gasteiger partial charge in [0.15, 0.2) is 5.82 Å². The lowest BCUT2D eigenvalue weighted by Crippen LogP contribution is -2.03. The van der Waals surface area contributed by atoms with Gasteiger partial charge in [-0.1, -0.05) is 41.1 Å². The number of benzene rings is 2. The van der Waals surface area contributed by atoms with Crippen molar-refractivity contribution in [2.24, 2.45) is 0 Å². The first-order valence-corrected chi connectivity index (χ1v) is 9.38. The van der Waals surface area contributed by atoms with Gasteiger partial charge in [0.05, 0.1) is 18.3 Å². The number of hydrogen-bond donors (Lipinski definition) is 1. The lowest BCUT2D eigenvalue weighted by molar-refractivity contribution is 0.607. The summed E-state index contributed by atoms with van der Waals surface area (Å²) in [4.78, 5) is 8.82. The fourth-order valence-corrected chi connectivity index (χ4v) is 3.36. The summed E-state index contributed by atoms with van der Waals surface area (Å²) in [5, 5.41) is 13.1. The van der Waals surface area contributed by atoms with Gasteiger partial charge in [0.25, 0.3) is 0 Å². The lowest BCUT2D eigenvalue weighted by Gasteiger charge is -2.01. The molecule has 3 aromatic heterocycles. The number of rotatable bonds is 4. The molecule has 2 aromatic carbocycles.